The van der Waals surface area contributed by atoms with Crippen LogP contribution in [0.1, 0.15) is 65.2 Å². The van der Waals surface area contributed by atoms with Crippen molar-refractivity contribution in [3.05, 3.63) is 0 Å². The predicted molar refractivity (Wildman–Crippen MR) is 63.4 cm³/mol. The monoisotopic (exact) mass is 228 g/mol. The van der Waals surface area contributed by atoms with Crippen LogP contribution in [0.15, 0.2) is 0 Å². The van der Waals surface area contributed by atoms with Gasteiger partial charge in [-0.05, 0) is 25.7 Å². The number of carbonyl (C=O) groups excluding carboxylic acids is 1. The van der Waals surface area contributed by atoms with Gasteiger partial charge >= 0.3 is 6.16 Å². The van der Waals surface area contributed by atoms with Gasteiger partial charge in [0.1, 0.15) is 12.2 Å². The molecule has 1 fully saturated rings. The van der Waals surface area contributed by atoms with Crippen LogP contribution in [0.25, 0.3) is 0 Å². The molecule has 1 heterocycles. The molecule has 3 heteroatoms. The van der Waals surface area contributed by atoms with Gasteiger partial charge in [-0.15, -0.1) is 0 Å². The lowest BCUT2D eigenvalue weighted by Crippen LogP contribution is -2.31. The van der Waals surface area contributed by atoms with Crippen LogP contribution in [0, 0.1) is 0 Å². The van der Waals surface area contributed by atoms with E-state index in [1.165, 1.54) is 19.3 Å². The maximum Gasteiger partial charge on any atom is 0.509 e. The van der Waals surface area contributed by atoms with Crippen LogP contribution in [0.5, 0.6) is 0 Å². The molecule has 1 aliphatic rings. The Balaban J connectivity index is 2.35. The first-order valence-electron chi connectivity index (χ1n) is 6.58. The normalized spacial score (nSPS) is 24.2. The van der Waals surface area contributed by atoms with Crippen molar-refractivity contribution in [3.8, 4) is 0 Å². The maximum atomic E-state index is 11.1. The summed E-state index contributed by atoms with van der Waals surface area (Å²) in [4.78, 5) is 11.1. The molecule has 1 unspecified atom stereocenters. The summed E-state index contributed by atoms with van der Waals surface area (Å²) in [6.45, 7) is 4.81. The van der Waals surface area contributed by atoms with Crippen molar-refractivity contribution in [1.29, 1.82) is 0 Å². The van der Waals surface area contributed by atoms with Gasteiger partial charge in [-0.25, -0.2) is 4.79 Å². The minimum atomic E-state index is -0.480. The summed E-state index contributed by atoms with van der Waals surface area (Å²) in [5, 5.41) is 0. The van der Waals surface area contributed by atoms with Crippen LogP contribution in [0.3, 0.4) is 0 Å². The van der Waals surface area contributed by atoms with Gasteiger partial charge in [0.25, 0.3) is 0 Å². The molecular weight excluding hydrogens is 204 g/mol. The maximum absolute atomic E-state index is 11.1. The molecule has 0 amide bonds. The Labute approximate surface area is 98.5 Å². The molecule has 16 heavy (non-hydrogen) atoms. The lowest BCUT2D eigenvalue weighted by Gasteiger charge is -2.24. The van der Waals surface area contributed by atoms with Crippen LogP contribution in [-0.4, -0.2) is 18.4 Å². The molecule has 0 aromatic carbocycles. The molecule has 0 radical (unpaired) electrons. The highest BCUT2D eigenvalue weighted by Crippen LogP contribution is 2.31. The zero-order valence-electron chi connectivity index (χ0n) is 10.6. The van der Waals surface area contributed by atoms with E-state index in [1.54, 1.807) is 0 Å². The second-order valence-corrected chi connectivity index (χ2v) is 4.74. The van der Waals surface area contributed by atoms with Crippen molar-refractivity contribution in [2.24, 2.45) is 0 Å². The molecule has 0 spiro atoms. The van der Waals surface area contributed by atoms with Crippen LogP contribution < -0.4 is 0 Å². The summed E-state index contributed by atoms with van der Waals surface area (Å²) in [6.07, 6.45) is 8.51. The summed E-state index contributed by atoms with van der Waals surface area (Å²) in [7, 11) is 0. The minimum absolute atomic E-state index is 0.305. The number of hydrogen-bond donors (Lipinski definition) is 0. The Hall–Kier alpha value is -0.730. The minimum Gasteiger partial charge on any atom is -0.430 e. The summed E-state index contributed by atoms with van der Waals surface area (Å²) in [6, 6.07) is 0. The van der Waals surface area contributed by atoms with Crippen molar-refractivity contribution in [2.75, 3.05) is 6.61 Å². The molecule has 0 saturated carbocycles. The molecule has 1 aliphatic heterocycles. The van der Waals surface area contributed by atoms with Crippen LogP contribution in [0.4, 0.5) is 4.79 Å². The topological polar surface area (TPSA) is 35.5 Å². The Kier molecular flexibility index (Phi) is 5.64. The highest BCUT2D eigenvalue weighted by atomic mass is 16.8. The summed E-state index contributed by atoms with van der Waals surface area (Å²) in [5.41, 5.74) is -0.305. The molecule has 3 nitrogen and oxygen atoms in total. The second kappa shape index (κ2) is 6.77. The summed E-state index contributed by atoms with van der Waals surface area (Å²) >= 11 is 0. The quantitative estimate of drug-likeness (QED) is 0.464. The number of hydrogen-bond acceptors (Lipinski definition) is 3. The third-order valence-corrected chi connectivity index (χ3v) is 3.22. The van der Waals surface area contributed by atoms with Gasteiger partial charge in [0, 0.05) is 0 Å². The standard InChI is InChI=1S/C13H24O3/c1-3-5-7-8-10-13(9-6-4-2)11-15-12(14)16-13/h3-11H2,1-2H3. The third-order valence-electron chi connectivity index (χ3n) is 3.22. The number of carbonyl (C=O) groups is 1. The lowest BCUT2D eigenvalue weighted by molar-refractivity contribution is 0.0383. The Morgan fingerprint density at radius 2 is 1.75 bits per heavy atom. The van der Waals surface area contributed by atoms with Crippen LogP contribution >= 0.6 is 0 Å². The van der Waals surface area contributed by atoms with E-state index in [0.717, 1.165) is 32.1 Å². The molecule has 1 saturated heterocycles. The number of ether oxygens (including phenoxy) is 2. The molecule has 94 valence electrons. The summed E-state index contributed by atoms with van der Waals surface area (Å²) in [5.74, 6) is 0. The van der Waals surface area contributed by atoms with E-state index in [4.69, 9.17) is 9.47 Å². The number of cyclic esters (lactones) is 2. The molecule has 0 N–H and O–H groups in total. The average molecular weight is 228 g/mol. The predicted octanol–water partition coefficient (Wildman–Crippen LogP) is 4.05. The molecule has 1 atom stereocenters. The van der Waals surface area contributed by atoms with Crippen molar-refractivity contribution >= 4 is 6.16 Å². The van der Waals surface area contributed by atoms with Crippen molar-refractivity contribution < 1.29 is 14.3 Å². The highest BCUT2D eigenvalue weighted by molar-refractivity contribution is 5.62. The first kappa shape index (κ1) is 13.3. The molecule has 0 bridgehead atoms. The zero-order chi connectivity index (χ0) is 11.9. The van der Waals surface area contributed by atoms with E-state index in [0.29, 0.717) is 6.61 Å². The fourth-order valence-corrected chi connectivity index (χ4v) is 2.17. The van der Waals surface area contributed by atoms with E-state index < -0.39 is 6.16 Å². The zero-order valence-corrected chi connectivity index (χ0v) is 10.6. The van der Waals surface area contributed by atoms with Crippen molar-refractivity contribution in [3.63, 3.8) is 0 Å². The summed E-state index contributed by atoms with van der Waals surface area (Å²) < 4.78 is 10.3. The largest absolute Gasteiger partial charge is 0.509 e. The van der Waals surface area contributed by atoms with Crippen LogP contribution in [0.2, 0.25) is 0 Å². The Bertz CT molecular complexity index is 215. The van der Waals surface area contributed by atoms with Gasteiger partial charge in [-0.2, -0.15) is 0 Å². The number of unbranched alkanes of at least 4 members (excludes halogenated alkanes) is 4. The molecule has 0 aromatic heterocycles. The lowest BCUT2D eigenvalue weighted by atomic mass is 9.91. The molecule has 0 aromatic rings. The van der Waals surface area contributed by atoms with Gasteiger partial charge in [0.15, 0.2) is 0 Å². The fraction of sp³-hybridized carbons (Fsp3) is 0.923. The van der Waals surface area contributed by atoms with E-state index in [9.17, 15) is 4.79 Å². The first-order valence-corrected chi connectivity index (χ1v) is 6.58. The smallest absolute Gasteiger partial charge is 0.430 e. The van der Waals surface area contributed by atoms with Gasteiger partial charge in [-0.3, -0.25) is 0 Å². The first-order chi connectivity index (χ1) is 7.72. The van der Waals surface area contributed by atoms with Gasteiger partial charge < -0.3 is 9.47 Å². The number of rotatable bonds is 8. The van der Waals surface area contributed by atoms with Gasteiger partial charge in [0.2, 0.25) is 0 Å². The fourth-order valence-electron chi connectivity index (χ4n) is 2.17. The van der Waals surface area contributed by atoms with E-state index in [1.807, 2.05) is 0 Å². The second-order valence-electron chi connectivity index (χ2n) is 4.74. The Morgan fingerprint density at radius 1 is 1.06 bits per heavy atom. The highest BCUT2D eigenvalue weighted by Gasteiger charge is 2.40. The average Bonchev–Trinajstić information content (AvgIpc) is 2.65. The third kappa shape index (κ3) is 4.03. The van der Waals surface area contributed by atoms with E-state index >= 15 is 0 Å². The van der Waals surface area contributed by atoms with Crippen LogP contribution in [-0.2, 0) is 9.47 Å². The van der Waals surface area contributed by atoms with E-state index in [2.05, 4.69) is 13.8 Å². The molecule has 0 aliphatic carbocycles. The SMILES string of the molecule is CCCCCCC1(CCCC)COC(=O)O1. The van der Waals surface area contributed by atoms with Crippen molar-refractivity contribution in [2.45, 2.75) is 70.8 Å². The van der Waals surface area contributed by atoms with Gasteiger partial charge in [-0.1, -0.05) is 39.5 Å². The molecular formula is C13H24O3. The molecule has 1 rings (SSSR count). The van der Waals surface area contributed by atoms with Crippen molar-refractivity contribution in [1.82, 2.24) is 0 Å². The van der Waals surface area contributed by atoms with Gasteiger partial charge in [0.05, 0.1) is 0 Å². The Morgan fingerprint density at radius 3 is 2.31 bits per heavy atom. The van der Waals surface area contributed by atoms with E-state index in [-0.39, 0.29) is 5.60 Å².